The van der Waals surface area contributed by atoms with Gasteiger partial charge in [0.25, 0.3) is 0 Å². The van der Waals surface area contributed by atoms with E-state index in [-0.39, 0.29) is 18.6 Å². The fourth-order valence-corrected chi connectivity index (χ4v) is 3.38. The van der Waals surface area contributed by atoms with Gasteiger partial charge in [-0.05, 0) is 12.8 Å². The van der Waals surface area contributed by atoms with E-state index in [4.69, 9.17) is 0 Å². The number of nitrogens with one attached hydrogen (secondary N) is 1. The minimum atomic E-state index is 0.0729. The zero-order valence-corrected chi connectivity index (χ0v) is 10.3. The van der Waals surface area contributed by atoms with Crippen LogP contribution in [0, 0.1) is 0 Å². The summed E-state index contributed by atoms with van der Waals surface area (Å²) in [5.41, 5.74) is 0. The van der Waals surface area contributed by atoms with Crippen LogP contribution in [0.3, 0.4) is 0 Å². The van der Waals surface area contributed by atoms with Crippen LogP contribution in [0.5, 0.6) is 0 Å². The van der Waals surface area contributed by atoms with Gasteiger partial charge in [0, 0.05) is 37.1 Å². The molecule has 0 spiro atoms. The van der Waals surface area contributed by atoms with Crippen molar-refractivity contribution in [2.24, 2.45) is 0 Å². The van der Waals surface area contributed by atoms with Crippen LogP contribution in [0.2, 0.25) is 0 Å². The van der Waals surface area contributed by atoms with E-state index < -0.39 is 0 Å². The Morgan fingerprint density at radius 2 is 2.44 bits per heavy atom. The second-order valence-corrected chi connectivity index (χ2v) is 5.65. The van der Waals surface area contributed by atoms with Crippen molar-refractivity contribution < 1.29 is 9.90 Å². The van der Waals surface area contributed by atoms with E-state index in [1.165, 1.54) is 0 Å². The van der Waals surface area contributed by atoms with Crippen LogP contribution in [-0.2, 0) is 4.79 Å². The normalized spacial score (nSPS) is 30.7. The van der Waals surface area contributed by atoms with E-state index in [0.29, 0.717) is 12.5 Å². The van der Waals surface area contributed by atoms with Gasteiger partial charge in [-0.25, -0.2) is 0 Å². The smallest absolute Gasteiger partial charge is 0.224 e. The molecule has 2 saturated heterocycles. The Morgan fingerprint density at radius 1 is 1.56 bits per heavy atom. The third-order valence-corrected chi connectivity index (χ3v) is 4.46. The Hall–Kier alpha value is -0.260. The van der Waals surface area contributed by atoms with Crippen molar-refractivity contribution in [2.75, 3.05) is 31.2 Å². The number of hydrogen-bond acceptors (Lipinski definition) is 4. The summed E-state index contributed by atoms with van der Waals surface area (Å²) in [5, 5.41) is 12.6. The predicted octanol–water partition coefficient (Wildman–Crippen LogP) is 0.0648. The maximum Gasteiger partial charge on any atom is 0.224 e. The highest BCUT2D eigenvalue weighted by atomic mass is 32.2. The lowest BCUT2D eigenvalue weighted by Crippen LogP contribution is -2.44. The van der Waals surface area contributed by atoms with Crippen LogP contribution in [0.15, 0.2) is 0 Å². The highest BCUT2D eigenvalue weighted by molar-refractivity contribution is 7.99. The molecule has 2 atom stereocenters. The first-order valence-electron chi connectivity index (χ1n) is 6.02. The molecule has 2 heterocycles. The molecule has 0 aromatic carbocycles. The van der Waals surface area contributed by atoms with Crippen LogP contribution in [0.1, 0.15) is 19.3 Å². The summed E-state index contributed by atoms with van der Waals surface area (Å²) >= 11 is 1.91. The predicted molar refractivity (Wildman–Crippen MR) is 65.6 cm³/mol. The highest BCUT2D eigenvalue weighted by Crippen LogP contribution is 2.19. The zero-order chi connectivity index (χ0) is 11.4. The summed E-state index contributed by atoms with van der Waals surface area (Å²) in [7, 11) is 0. The number of carbonyl (C=O) groups excluding carboxylic acids is 1. The van der Waals surface area contributed by atoms with E-state index in [2.05, 4.69) is 5.32 Å². The summed E-state index contributed by atoms with van der Waals surface area (Å²) in [4.78, 5) is 13.9. The Labute approximate surface area is 101 Å². The molecule has 4 nitrogen and oxygen atoms in total. The van der Waals surface area contributed by atoms with E-state index in [9.17, 15) is 9.90 Å². The maximum atomic E-state index is 12.0. The van der Waals surface area contributed by atoms with Crippen molar-refractivity contribution in [2.45, 2.75) is 31.3 Å². The van der Waals surface area contributed by atoms with Crippen molar-refractivity contribution in [3.8, 4) is 0 Å². The Morgan fingerprint density at radius 3 is 3.12 bits per heavy atom. The fourth-order valence-electron chi connectivity index (χ4n) is 2.43. The van der Waals surface area contributed by atoms with Gasteiger partial charge >= 0.3 is 0 Å². The molecule has 2 rings (SSSR count). The van der Waals surface area contributed by atoms with Gasteiger partial charge < -0.3 is 15.3 Å². The van der Waals surface area contributed by atoms with Crippen molar-refractivity contribution >= 4 is 17.7 Å². The molecule has 0 aliphatic carbocycles. The number of hydrogen-bond donors (Lipinski definition) is 2. The van der Waals surface area contributed by atoms with Gasteiger partial charge in [0.1, 0.15) is 0 Å². The van der Waals surface area contributed by atoms with Gasteiger partial charge in [0.15, 0.2) is 0 Å². The monoisotopic (exact) mass is 244 g/mol. The van der Waals surface area contributed by atoms with Crippen molar-refractivity contribution in [3.05, 3.63) is 0 Å². The van der Waals surface area contributed by atoms with E-state index in [0.717, 1.165) is 37.4 Å². The fraction of sp³-hybridized carbons (Fsp3) is 0.909. The third kappa shape index (κ3) is 2.90. The molecule has 2 N–H and O–H groups in total. The molecule has 5 heteroatoms. The zero-order valence-electron chi connectivity index (χ0n) is 9.52. The number of rotatable bonds is 3. The largest absolute Gasteiger partial charge is 0.394 e. The molecule has 16 heavy (non-hydrogen) atoms. The lowest BCUT2D eigenvalue weighted by molar-refractivity contribution is -0.133. The molecule has 2 aliphatic rings. The minimum Gasteiger partial charge on any atom is -0.394 e. The minimum absolute atomic E-state index is 0.0729. The first-order valence-corrected chi connectivity index (χ1v) is 7.18. The first kappa shape index (κ1) is 12.2. The number of thioether (sulfide) groups is 1. The number of aliphatic hydroxyl groups is 1. The van der Waals surface area contributed by atoms with Crippen LogP contribution >= 0.6 is 11.8 Å². The summed E-state index contributed by atoms with van der Waals surface area (Å²) in [5.74, 6) is 2.38. The van der Waals surface area contributed by atoms with E-state index >= 15 is 0 Å². The van der Waals surface area contributed by atoms with E-state index in [1.807, 2.05) is 16.7 Å². The van der Waals surface area contributed by atoms with Crippen LogP contribution < -0.4 is 5.32 Å². The SMILES string of the molecule is O=C(CC1CSCCN1)N1CCC[C@H]1CO. The van der Waals surface area contributed by atoms with Gasteiger partial charge in [0.2, 0.25) is 5.91 Å². The molecule has 1 amide bonds. The van der Waals surface area contributed by atoms with Crippen molar-refractivity contribution in [1.29, 1.82) is 0 Å². The number of carbonyl (C=O) groups is 1. The Kier molecular flexibility index (Phi) is 4.49. The summed E-state index contributed by atoms with van der Waals surface area (Å²) in [6.45, 7) is 1.94. The molecule has 2 fully saturated rings. The van der Waals surface area contributed by atoms with Gasteiger partial charge in [-0.2, -0.15) is 11.8 Å². The van der Waals surface area contributed by atoms with Crippen molar-refractivity contribution in [1.82, 2.24) is 10.2 Å². The number of likely N-dealkylation sites (tertiary alicyclic amines) is 1. The lowest BCUT2D eigenvalue weighted by Gasteiger charge is -2.27. The quantitative estimate of drug-likeness (QED) is 0.737. The summed E-state index contributed by atoms with van der Waals surface area (Å²) < 4.78 is 0. The summed E-state index contributed by atoms with van der Waals surface area (Å²) in [6.07, 6.45) is 2.57. The second kappa shape index (κ2) is 5.89. The molecule has 0 bridgehead atoms. The molecule has 0 saturated carbocycles. The van der Waals surface area contributed by atoms with Gasteiger partial charge in [0.05, 0.1) is 12.6 Å². The summed E-state index contributed by atoms with van der Waals surface area (Å²) in [6, 6.07) is 0.398. The second-order valence-electron chi connectivity index (χ2n) is 4.50. The third-order valence-electron chi connectivity index (χ3n) is 3.33. The molecule has 0 aromatic rings. The number of amides is 1. The molecular weight excluding hydrogens is 224 g/mol. The standard InChI is InChI=1S/C11H20N2O2S/c14-7-10-2-1-4-13(10)11(15)6-9-8-16-5-3-12-9/h9-10,12,14H,1-8H2/t9?,10-/m0/s1. The maximum absolute atomic E-state index is 12.0. The lowest BCUT2D eigenvalue weighted by atomic mass is 10.2. The molecule has 2 aliphatic heterocycles. The van der Waals surface area contributed by atoms with E-state index in [1.54, 1.807) is 0 Å². The number of nitrogens with zero attached hydrogens (tertiary/aromatic N) is 1. The molecule has 0 aromatic heterocycles. The van der Waals surface area contributed by atoms with Crippen LogP contribution in [-0.4, -0.2) is 59.2 Å². The van der Waals surface area contributed by atoms with Crippen LogP contribution in [0.25, 0.3) is 0 Å². The first-order chi connectivity index (χ1) is 7.81. The Balaban J connectivity index is 1.82. The molecular formula is C11H20N2O2S. The topological polar surface area (TPSA) is 52.6 Å². The molecule has 1 unspecified atom stereocenters. The van der Waals surface area contributed by atoms with Crippen molar-refractivity contribution in [3.63, 3.8) is 0 Å². The van der Waals surface area contributed by atoms with Gasteiger partial charge in [-0.15, -0.1) is 0 Å². The highest BCUT2D eigenvalue weighted by Gasteiger charge is 2.29. The molecule has 92 valence electrons. The number of aliphatic hydroxyl groups excluding tert-OH is 1. The molecule has 0 radical (unpaired) electrons. The average Bonchev–Trinajstić information content (AvgIpc) is 2.78. The van der Waals surface area contributed by atoms with Gasteiger partial charge in [-0.3, -0.25) is 4.79 Å². The van der Waals surface area contributed by atoms with Gasteiger partial charge in [-0.1, -0.05) is 0 Å². The van der Waals surface area contributed by atoms with Crippen LogP contribution in [0.4, 0.5) is 0 Å². The Bertz CT molecular complexity index is 244. The average molecular weight is 244 g/mol.